The molecule has 0 spiro atoms. The van der Waals surface area contributed by atoms with Crippen molar-refractivity contribution in [3.63, 3.8) is 0 Å². The number of aryl methyl sites for hydroxylation is 1. The molecule has 0 radical (unpaired) electrons. The molecule has 0 unspecified atom stereocenters. The molecule has 0 aliphatic rings. The highest BCUT2D eigenvalue weighted by Crippen LogP contribution is 2.22. The summed E-state index contributed by atoms with van der Waals surface area (Å²) in [5.74, 6) is -0.227. The highest BCUT2D eigenvalue weighted by Gasteiger charge is 2.18. The van der Waals surface area contributed by atoms with E-state index in [0.717, 1.165) is 0 Å². The molecule has 0 saturated carbocycles. The second-order valence-electron chi connectivity index (χ2n) is 3.74. The van der Waals surface area contributed by atoms with Crippen LogP contribution in [0.4, 0.5) is 15.9 Å². The highest BCUT2D eigenvalue weighted by molar-refractivity contribution is 5.54. The molecule has 2 rings (SSSR count). The van der Waals surface area contributed by atoms with Crippen molar-refractivity contribution in [3.8, 4) is 0 Å². The average Bonchev–Trinajstić information content (AvgIpc) is 2.70. The van der Waals surface area contributed by atoms with E-state index in [1.165, 1.54) is 16.9 Å². The highest BCUT2D eigenvalue weighted by atomic mass is 19.1. The molecule has 1 aromatic heterocycles. The van der Waals surface area contributed by atoms with Crippen molar-refractivity contribution in [1.29, 1.82) is 0 Å². The van der Waals surface area contributed by atoms with Crippen LogP contribution in [-0.4, -0.2) is 14.7 Å². The summed E-state index contributed by atoms with van der Waals surface area (Å²) < 4.78 is 14.7. The quantitative estimate of drug-likeness (QED) is 0.666. The molecule has 94 valence electrons. The van der Waals surface area contributed by atoms with Gasteiger partial charge in [0, 0.05) is 19.2 Å². The molecule has 0 amide bonds. The SMILES string of the molecule is Cn1cc([N+](=O)[O-])c(NCc2ccccc2F)n1. The van der Waals surface area contributed by atoms with Crippen molar-refractivity contribution in [3.05, 3.63) is 52.0 Å². The molecule has 18 heavy (non-hydrogen) atoms. The summed E-state index contributed by atoms with van der Waals surface area (Å²) in [7, 11) is 1.58. The lowest BCUT2D eigenvalue weighted by atomic mass is 10.2. The second kappa shape index (κ2) is 4.82. The number of anilines is 1. The smallest absolute Gasteiger partial charge is 0.330 e. The van der Waals surface area contributed by atoms with Crippen LogP contribution in [0.1, 0.15) is 5.56 Å². The lowest BCUT2D eigenvalue weighted by Gasteiger charge is -2.03. The number of nitrogens with zero attached hydrogens (tertiary/aromatic N) is 3. The van der Waals surface area contributed by atoms with Gasteiger partial charge in [-0.05, 0) is 6.07 Å². The third-order valence-electron chi connectivity index (χ3n) is 2.41. The van der Waals surface area contributed by atoms with Gasteiger partial charge in [0.05, 0.1) is 4.92 Å². The predicted molar refractivity (Wildman–Crippen MR) is 63.6 cm³/mol. The Bertz CT molecular complexity index is 582. The Labute approximate surface area is 102 Å². The van der Waals surface area contributed by atoms with E-state index >= 15 is 0 Å². The molecule has 1 N–H and O–H groups in total. The molecule has 0 atom stereocenters. The Kier molecular flexibility index (Phi) is 3.22. The van der Waals surface area contributed by atoms with Crippen LogP contribution < -0.4 is 5.32 Å². The number of benzene rings is 1. The normalized spacial score (nSPS) is 10.3. The molecule has 0 bridgehead atoms. The van der Waals surface area contributed by atoms with E-state index in [1.807, 2.05) is 0 Å². The van der Waals surface area contributed by atoms with E-state index in [9.17, 15) is 14.5 Å². The number of halogens is 1. The minimum Gasteiger partial charge on any atom is -0.359 e. The molecular weight excluding hydrogens is 239 g/mol. The molecular formula is C11H11FN4O2. The van der Waals surface area contributed by atoms with Crippen LogP contribution in [0.15, 0.2) is 30.5 Å². The maximum absolute atomic E-state index is 13.4. The average molecular weight is 250 g/mol. The van der Waals surface area contributed by atoms with E-state index in [-0.39, 0.29) is 23.9 Å². The fraction of sp³-hybridized carbons (Fsp3) is 0.182. The Morgan fingerprint density at radius 2 is 2.22 bits per heavy atom. The van der Waals surface area contributed by atoms with Crippen LogP contribution in [0, 0.1) is 15.9 Å². The van der Waals surface area contributed by atoms with E-state index in [1.54, 1.807) is 25.2 Å². The Morgan fingerprint density at radius 3 is 2.89 bits per heavy atom. The van der Waals surface area contributed by atoms with Crippen LogP contribution in [-0.2, 0) is 13.6 Å². The number of rotatable bonds is 4. The summed E-state index contributed by atoms with van der Waals surface area (Å²) in [6.45, 7) is 0.143. The lowest BCUT2D eigenvalue weighted by Crippen LogP contribution is -2.04. The largest absolute Gasteiger partial charge is 0.359 e. The Balaban J connectivity index is 2.16. The second-order valence-corrected chi connectivity index (χ2v) is 3.74. The summed E-state index contributed by atoms with van der Waals surface area (Å²) in [4.78, 5) is 10.2. The summed E-state index contributed by atoms with van der Waals surface area (Å²) in [5.41, 5.74) is 0.297. The first-order valence-corrected chi connectivity index (χ1v) is 5.23. The van der Waals surface area contributed by atoms with Gasteiger partial charge in [-0.3, -0.25) is 14.8 Å². The van der Waals surface area contributed by atoms with Gasteiger partial charge in [-0.25, -0.2) is 4.39 Å². The summed E-state index contributed by atoms with van der Waals surface area (Å²) in [6, 6.07) is 6.23. The van der Waals surface area contributed by atoms with E-state index in [2.05, 4.69) is 10.4 Å². The van der Waals surface area contributed by atoms with Gasteiger partial charge in [0.1, 0.15) is 12.0 Å². The molecule has 7 heteroatoms. The van der Waals surface area contributed by atoms with Gasteiger partial charge in [-0.1, -0.05) is 18.2 Å². The minimum absolute atomic E-state index is 0.130. The van der Waals surface area contributed by atoms with Gasteiger partial charge in [-0.2, -0.15) is 0 Å². The zero-order valence-electron chi connectivity index (χ0n) is 9.63. The van der Waals surface area contributed by atoms with Crippen molar-refractivity contribution in [2.24, 2.45) is 7.05 Å². The number of hydrogen-bond acceptors (Lipinski definition) is 4. The molecule has 0 saturated heterocycles. The first-order chi connectivity index (χ1) is 8.58. The monoisotopic (exact) mass is 250 g/mol. The number of nitrogens with one attached hydrogen (secondary N) is 1. The fourth-order valence-corrected chi connectivity index (χ4v) is 1.56. The number of nitro groups is 1. The van der Waals surface area contributed by atoms with Gasteiger partial charge >= 0.3 is 5.69 Å². The van der Waals surface area contributed by atoms with Crippen LogP contribution >= 0.6 is 0 Å². The third kappa shape index (κ3) is 2.45. The molecule has 0 fully saturated rings. The molecule has 2 aromatic rings. The maximum atomic E-state index is 13.4. The van der Waals surface area contributed by atoms with Gasteiger partial charge in [0.25, 0.3) is 0 Å². The number of hydrogen-bond donors (Lipinski definition) is 1. The van der Waals surface area contributed by atoms with Gasteiger partial charge in [-0.15, -0.1) is 5.10 Å². The first-order valence-electron chi connectivity index (χ1n) is 5.23. The van der Waals surface area contributed by atoms with Crippen molar-refractivity contribution in [2.75, 3.05) is 5.32 Å². The molecule has 6 nitrogen and oxygen atoms in total. The van der Waals surface area contributed by atoms with E-state index < -0.39 is 4.92 Å². The molecule has 1 aromatic carbocycles. The zero-order valence-corrected chi connectivity index (χ0v) is 9.63. The van der Waals surface area contributed by atoms with Crippen LogP contribution in [0.5, 0.6) is 0 Å². The van der Waals surface area contributed by atoms with Crippen LogP contribution in [0.2, 0.25) is 0 Å². The Morgan fingerprint density at radius 1 is 1.50 bits per heavy atom. The minimum atomic E-state index is -0.531. The standard InChI is InChI=1S/C11H11FN4O2/c1-15-7-10(16(17)18)11(14-15)13-6-8-4-2-3-5-9(8)12/h2-5,7H,6H2,1H3,(H,13,14). The van der Waals surface area contributed by atoms with Gasteiger partial charge in [0.2, 0.25) is 5.82 Å². The summed E-state index contributed by atoms with van der Waals surface area (Å²) in [5, 5.41) is 17.4. The van der Waals surface area contributed by atoms with Crippen molar-refractivity contribution < 1.29 is 9.31 Å². The molecule has 0 aliphatic heterocycles. The Hall–Kier alpha value is -2.44. The van der Waals surface area contributed by atoms with Crippen molar-refractivity contribution in [2.45, 2.75) is 6.54 Å². The number of aromatic nitrogens is 2. The topological polar surface area (TPSA) is 73.0 Å². The molecule has 1 heterocycles. The predicted octanol–water partition coefficient (Wildman–Crippen LogP) is 2.08. The third-order valence-corrected chi connectivity index (χ3v) is 2.41. The van der Waals surface area contributed by atoms with Crippen molar-refractivity contribution >= 4 is 11.5 Å². The van der Waals surface area contributed by atoms with E-state index in [4.69, 9.17) is 0 Å². The molecule has 0 aliphatic carbocycles. The van der Waals surface area contributed by atoms with Gasteiger partial charge < -0.3 is 5.32 Å². The summed E-state index contributed by atoms with van der Waals surface area (Å²) >= 11 is 0. The van der Waals surface area contributed by atoms with E-state index in [0.29, 0.717) is 5.56 Å². The first kappa shape index (κ1) is 12.0. The van der Waals surface area contributed by atoms with Crippen LogP contribution in [0.25, 0.3) is 0 Å². The fourth-order valence-electron chi connectivity index (χ4n) is 1.56. The lowest BCUT2D eigenvalue weighted by molar-refractivity contribution is -0.384. The van der Waals surface area contributed by atoms with Crippen molar-refractivity contribution in [1.82, 2.24) is 9.78 Å². The zero-order chi connectivity index (χ0) is 13.1. The van der Waals surface area contributed by atoms with Crippen LogP contribution in [0.3, 0.4) is 0 Å². The van der Waals surface area contributed by atoms with Gasteiger partial charge in [0.15, 0.2) is 0 Å². The maximum Gasteiger partial charge on any atom is 0.330 e. The summed E-state index contributed by atoms with van der Waals surface area (Å²) in [6.07, 6.45) is 1.30.